The number of sulfonamides is 1. The number of thiophene rings is 1. The van der Waals surface area contributed by atoms with Gasteiger partial charge in [0, 0.05) is 12.6 Å². The zero-order valence-electron chi connectivity index (χ0n) is 11.1. The van der Waals surface area contributed by atoms with Crippen molar-refractivity contribution in [1.29, 1.82) is 0 Å². The van der Waals surface area contributed by atoms with Crippen LogP contribution in [0.25, 0.3) is 0 Å². The zero-order chi connectivity index (χ0) is 13.9. The van der Waals surface area contributed by atoms with E-state index in [-0.39, 0.29) is 29.2 Å². The maximum atomic E-state index is 12.1. The third-order valence-corrected chi connectivity index (χ3v) is 6.01. The van der Waals surface area contributed by atoms with Gasteiger partial charge in [-0.2, -0.15) is 0 Å². The average molecular weight is 347 g/mol. The molecule has 1 heterocycles. The maximum absolute atomic E-state index is 12.1. The molecule has 0 spiro atoms. The molecular formula is C11H20Cl2N2O2S2. The molecule has 0 amide bonds. The Morgan fingerprint density at radius 2 is 2.05 bits per heavy atom. The van der Waals surface area contributed by atoms with Gasteiger partial charge in [0.15, 0.2) is 0 Å². The molecular weight excluding hydrogens is 327 g/mol. The quantitative estimate of drug-likeness (QED) is 0.831. The summed E-state index contributed by atoms with van der Waals surface area (Å²) in [5.74, 6) is 0.384. The SMILES string of the molecule is Cc1cc(S(=O)(=O)NC(CN)CC(C)C)sc1Cl.Cl. The van der Waals surface area contributed by atoms with Crippen LogP contribution < -0.4 is 10.5 Å². The lowest BCUT2D eigenvalue weighted by Gasteiger charge is -2.18. The third kappa shape index (κ3) is 5.57. The molecule has 0 bridgehead atoms. The van der Waals surface area contributed by atoms with Crippen LogP contribution in [-0.4, -0.2) is 21.0 Å². The first-order valence-electron chi connectivity index (χ1n) is 5.74. The van der Waals surface area contributed by atoms with Crippen molar-refractivity contribution in [3.8, 4) is 0 Å². The molecule has 1 atom stereocenters. The fraction of sp³-hybridized carbons (Fsp3) is 0.636. The summed E-state index contributed by atoms with van der Waals surface area (Å²) in [7, 11) is -3.51. The largest absolute Gasteiger partial charge is 0.329 e. The lowest BCUT2D eigenvalue weighted by atomic mass is 10.1. The van der Waals surface area contributed by atoms with Crippen LogP contribution in [0.4, 0.5) is 0 Å². The topological polar surface area (TPSA) is 72.2 Å². The van der Waals surface area contributed by atoms with Crippen LogP contribution in [0.1, 0.15) is 25.8 Å². The van der Waals surface area contributed by atoms with Crippen molar-refractivity contribution in [3.63, 3.8) is 0 Å². The highest BCUT2D eigenvalue weighted by atomic mass is 35.5. The van der Waals surface area contributed by atoms with E-state index in [4.69, 9.17) is 17.3 Å². The van der Waals surface area contributed by atoms with Crippen molar-refractivity contribution in [2.45, 2.75) is 37.4 Å². The molecule has 0 aliphatic rings. The van der Waals surface area contributed by atoms with Gasteiger partial charge < -0.3 is 5.73 Å². The lowest BCUT2D eigenvalue weighted by molar-refractivity contribution is 0.465. The van der Waals surface area contributed by atoms with Gasteiger partial charge >= 0.3 is 0 Å². The van der Waals surface area contributed by atoms with Crippen molar-refractivity contribution in [1.82, 2.24) is 4.72 Å². The molecule has 1 aromatic heterocycles. The Kier molecular flexibility index (Phi) is 7.87. The second kappa shape index (κ2) is 7.81. The highest BCUT2D eigenvalue weighted by Gasteiger charge is 2.22. The summed E-state index contributed by atoms with van der Waals surface area (Å²) >= 11 is 6.96. The number of hydrogen-bond donors (Lipinski definition) is 2. The van der Waals surface area contributed by atoms with Crippen LogP contribution in [0.15, 0.2) is 10.3 Å². The predicted molar refractivity (Wildman–Crippen MR) is 83.9 cm³/mol. The Morgan fingerprint density at radius 1 is 1.47 bits per heavy atom. The van der Waals surface area contributed by atoms with E-state index in [1.807, 2.05) is 13.8 Å². The van der Waals surface area contributed by atoms with Crippen LogP contribution in [0.2, 0.25) is 4.34 Å². The van der Waals surface area contributed by atoms with Crippen LogP contribution in [0.5, 0.6) is 0 Å². The molecule has 0 saturated heterocycles. The van der Waals surface area contributed by atoms with Gasteiger partial charge in [-0.05, 0) is 30.9 Å². The molecule has 4 nitrogen and oxygen atoms in total. The van der Waals surface area contributed by atoms with Gasteiger partial charge in [0.1, 0.15) is 4.21 Å². The molecule has 0 radical (unpaired) electrons. The number of aryl methyl sites for hydroxylation is 1. The fourth-order valence-corrected chi connectivity index (χ4v) is 4.59. The summed E-state index contributed by atoms with van der Waals surface area (Å²) < 4.78 is 27.6. The molecule has 19 heavy (non-hydrogen) atoms. The fourth-order valence-electron chi connectivity index (χ4n) is 1.60. The summed E-state index contributed by atoms with van der Waals surface area (Å²) in [4.78, 5) is 0. The molecule has 1 aromatic rings. The van der Waals surface area contributed by atoms with Crippen molar-refractivity contribution in [2.75, 3.05) is 6.54 Å². The smallest absolute Gasteiger partial charge is 0.250 e. The van der Waals surface area contributed by atoms with E-state index < -0.39 is 10.0 Å². The average Bonchev–Trinajstić information content (AvgIpc) is 2.58. The van der Waals surface area contributed by atoms with Gasteiger partial charge in [-0.1, -0.05) is 25.4 Å². The highest BCUT2D eigenvalue weighted by molar-refractivity contribution is 7.91. The molecule has 1 unspecified atom stereocenters. The second-order valence-corrected chi connectivity index (χ2v) is 8.30. The van der Waals surface area contributed by atoms with Gasteiger partial charge in [-0.3, -0.25) is 0 Å². The number of halogens is 2. The van der Waals surface area contributed by atoms with Crippen molar-refractivity contribution in [3.05, 3.63) is 16.0 Å². The minimum absolute atomic E-state index is 0. The van der Waals surface area contributed by atoms with Gasteiger partial charge in [0.25, 0.3) is 0 Å². The number of hydrogen-bond acceptors (Lipinski definition) is 4. The number of nitrogens with one attached hydrogen (secondary N) is 1. The standard InChI is InChI=1S/C11H19ClN2O2S2.ClH/c1-7(2)4-9(6-13)14-18(15,16)10-5-8(3)11(12)17-10;/h5,7,9,14H,4,6,13H2,1-3H3;1H. The Labute approximate surface area is 130 Å². The molecule has 0 fully saturated rings. The van der Waals surface area contributed by atoms with Gasteiger partial charge in [-0.25, -0.2) is 13.1 Å². The van der Waals surface area contributed by atoms with E-state index in [1.165, 1.54) is 0 Å². The molecule has 8 heteroatoms. The monoisotopic (exact) mass is 346 g/mol. The summed E-state index contributed by atoms with van der Waals surface area (Å²) in [5, 5.41) is 0. The van der Waals surface area contributed by atoms with Gasteiger partial charge in [0.2, 0.25) is 10.0 Å². The first-order valence-corrected chi connectivity index (χ1v) is 8.42. The van der Waals surface area contributed by atoms with Gasteiger partial charge in [0.05, 0.1) is 4.34 Å². The van der Waals surface area contributed by atoms with E-state index in [0.717, 1.165) is 16.9 Å². The Balaban J connectivity index is 0.00000324. The van der Waals surface area contributed by atoms with Crippen molar-refractivity contribution < 1.29 is 8.42 Å². The van der Waals surface area contributed by atoms with Crippen LogP contribution in [0.3, 0.4) is 0 Å². The second-order valence-electron chi connectivity index (χ2n) is 4.71. The maximum Gasteiger partial charge on any atom is 0.250 e. The molecule has 1 rings (SSSR count). The molecule has 3 N–H and O–H groups in total. The van der Waals surface area contributed by atoms with Crippen LogP contribution in [0, 0.1) is 12.8 Å². The summed E-state index contributed by atoms with van der Waals surface area (Å²) in [5.41, 5.74) is 6.37. The Morgan fingerprint density at radius 3 is 2.42 bits per heavy atom. The molecule has 112 valence electrons. The third-order valence-electron chi connectivity index (χ3n) is 2.46. The number of nitrogens with two attached hydrogens (primary N) is 1. The molecule has 0 aromatic carbocycles. The van der Waals surface area contributed by atoms with E-state index in [1.54, 1.807) is 13.0 Å². The van der Waals surface area contributed by atoms with E-state index >= 15 is 0 Å². The number of rotatable bonds is 6. The first-order chi connectivity index (χ1) is 8.26. The summed E-state index contributed by atoms with van der Waals surface area (Å²) in [6, 6.07) is 1.34. The predicted octanol–water partition coefficient (Wildman–Crippen LogP) is 2.78. The first kappa shape index (κ1) is 19.1. The van der Waals surface area contributed by atoms with Crippen molar-refractivity contribution in [2.24, 2.45) is 11.7 Å². The van der Waals surface area contributed by atoms with Crippen LogP contribution >= 0.6 is 35.3 Å². The van der Waals surface area contributed by atoms with E-state index in [9.17, 15) is 8.42 Å². The summed E-state index contributed by atoms with van der Waals surface area (Å²) in [6.07, 6.45) is 0.716. The Hall–Kier alpha value is 0.150. The Bertz CT molecular complexity index is 481. The van der Waals surface area contributed by atoms with Gasteiger partial charge in [-0.15, -0.1) is 23.7 Å². The highest BCUT2D eigenvalue weighted by Crippen LogP contribution is 2.30. The minimum atomic E-state index is -3.51. The molecule has 0 aliphatic carbocycles. The zero-order valence-corrected chi connectivity index (χ0v) is 14.3. The molecule has 0 aliphatic heterocycles. The summed E-state index contributed by atoms with van der Waals surface area (Å²) in [6.45, 7) is 6.13. The van der Waals surface area contributed by atoms with E-state index in [2.05, 4.69) is 4.72 Å². The molecule has 0 saturated carbocycles. The lowest BCUT2D eigenvalue weighted by Crippen LogP contribution is -2.40. The minimum Gasteiger partial charge on any atom is -0.329 e. The van der Waals surface area contributed by atoms with Crippen LogP contribution in [-0.2, 0) is 10.0 Å². The normalized spacial score (nSPS) is 13.4. The van der Waals surface area contributed by atoms with Crippen molar-refractivity contribution >= 4 is 45.4 Å². The van der Waals surface area contributed by atoms with E-state index in [0.29, 0.717) is 16.7 Å².